The van der Waals surface area contributed by atoms with E-state index in [-0.39, 0.29) is 10.8 Å². The van der Waals surface area contributed by atoms with Gasteiger partial charge in [0.25, 0.3) is 0 Å². The summed E-state index contributed by atoms with van der Waals surface area (Å²) in [4.78, 5) is 4.83. The van der Waals surface area contributed by atoms with Crippen molar-refractivity contribution in [2.75, 3.05) is 13.2 Å². The van der Waals surface area contributed by atoms with Gasteiger partial charge in [-0.25, -0.2) is 8.42 Å². The molecule has 0 bridgehead atoms. The van der Waals surface area contributed by atoms with Crippen molar-refractivity contribution in [1.82, 2.24) is 9.29 Å². The summed E-state index contributed by atoms with van der Waals surface area (Å²) in [6.45, 7) is 3.65. The number of hydrogen-bond acceptors (Lipinski definition) is 5. The van der Waals surface area contributed by atoms with E-state index in [4.69, 9.17) is 9.47 Å². The second-order valence-electron chi connectivity index (χ2n) is 7.59. The van der Waals surface area contributed by atoms with Gasteiger partial charge in [-0.2, -0.15) is 4.31 Å². The van der Waals surface area contributed by atoms with Gasteiger partial charge in [-0.05, 0) is 34.9 Å². The number of fused-ring (bicyclic) bond motifs is 2. The third-order valence-corrected chi connectivity index (χ3v) is 7.48. The Morgan fingerprint density at radius 3 is 2.47 bits per heavy atom. The minimum atomic E-state index is -3.66. The molecule has 3 aromatic rings. The molecule has 7 heteroatoms. The summed E-state index contributed by atoms with van der Waals surface area (Å²) in [6.07, 6.45) is 1.81. The van der Waals surface area contributed by atoms with Gasteiger partial charge in [-0.15, -0.1) is 0 Å². The van der Waals surface area contributed by atoms with Crippen LogP contribution in [0.5, 0.6) is 11.5 Å². The number of pyridine rings is 1. The first-order valence-electron chi connectivity index (χ1n) is 9.95. The SMILES string of the molecule is C[C@H](c1ccccc1)c1cc2c(cn1)CN(S(=O)(=O)c1ccc3c(c1)OCCO3)C2. The highest BCUT2D eigenvalue weighted by atomic mass is 32.2. The molecule has 0 N–H and O–H groups in total. The lowest BCUT2D eigenvalue weighted by Gasteiger charge is -2.20. The average molecular weight is 423 g/mol. The van der Waals surface area contributed by atoms with Gasteiger partial charge in [0.2, 0.25) is 10.0 Å². The predicted molar refractivity (Wildman–Crippen MR) is 112 cm³/mol. The lowest BCUT2D eigenvalue weighted by atomic mass is 9.96. The van der Waals surface area contributed by atoms with Crippen molar-refractivity contribution in [3.63, 3.8) is 0 Å². The van der Waals surface area contributed by atoms with Crippen LogP contribution in [0.2, 0.25) is 0 Å². The topological polar surface area (TPSA) is 68.7 Å². The summed E-state index contributed by atoms with van der Waals surface area (Å²) in [7, 11) is -3.66. The summed E-state index contributed by atoms with van der Waals surface area (Å²) in [6, 6.07) is 17.0. The number of hydrogen-bond donors (Lipinski definition) is 0. The summed E-state index contributed by atoms with van der Waals surface area (Å²) >= 11 is 0. The van der Waals surface area contributed by atoms with Gasteiger partial charge in [-0.3, -0.25) is 4.98 Å². The van der Waals surface area contributed by atoms with Gasteiger partial charge in [0.15, 0.2) is 11.5 Å². The van der Waals surface area contributed by atoms with Crippen molar-refractivity contribution in [2.24, 2.45) is 0 Å². The van der Waals surface area contributed by atoms with Crippen LogP contribution >= 0.6 is 0 Å². The first-order valence-corrected chi connectivity index (χ1v) is 11.4. The molecule has 30 heavy (non-hydrogen) atoms. The number of ether oxygens (including phenoxy) is 2. The number of rotatable bonds is 4. The van der Waals surface area contributed by atoms with E-state index in [9.17, 15) is 8.42 Å². The van der Waals surface area contributed by atoms with E-state index >= 15 is 0 Å². The second kappa shape index (κ2) is 7.41. The van der Waals surface area contributed by atoms with Crippen molar-refractivity contribution in [1.29, 1.82) is 0 Å². The largest absolute Gasteiger partial charge is 0.486 e. The molecule has 3 heterocycles. The second-order valence-corrected chi connectivity index (χ2v) is 9.53. The van der Waals surface area contributed by atoms with Crippen LogP contribution in [0.3, 0.4) is 0 Å². The van der Waals surface area contributed by atoms with Gasteiger partial charge in [-0.1, -0.05) is 37.3 Å². The van der Waals surface area contributed by atoms with Crippen LogP contribution in [0.1, 0.15) is 35.2 Å². The first kappa shape index (κ1) is 19.1. The molecule has 2 aromatic carbocycles. The Labute approximate surface area is 176 Å². The molecule has 0 aliphatic carbocycles. The summed E-state index contributed by atoms with van der Waals surface area (Å²) in [5.41, 5.74) is 4.08. The predicted octanol–water partition coefficient (Wildman–Crippen LogP) is 3.71. The molecule has 1 aromatic heterocycles. The molecule has 0 unspecified atom stereocenters. The van der Waals surface area contributed by atoms with Crippen LogP contribution in [0.4, 0.5) is 0 Å². The van der Waals surface area contributed by atoms with E-state index in [0.29, 0.717) is 37.8 Å². The van der Waals surface area contributed by atoms with Crippen LogP contribution in [0.25, 0.3) is 0 Å². The quantitative estimate of drug-likeness (QED) is 0.641. The Morgan fingerprint density at radius 2 is 1.67 bits per heavy atom. The van der Waals surface area contributed by atoms with Gasteiger partial charge in [0.1, 0.15) is 13.2 Å². The van der Waals surface area contributed by atoms with Crippen molar-refractivity contribution in [2.45, 2.75) is 30.8 Å². The molecule has 2 aliphatic rings. The molecule has 5 rings (SSSR count). The Balaban J connectivity index is 1.40. The minimum absolute atomic E-state index is 0.139. The lowest BCUT2D eigenvalue weighted by Crippen LogP contribution is -2.26. The average Bonchev–Trinajstić information content (AvgIpc) is 3.23. The maximum atomic E-state index is 13.2. The lowest BCUT2D eigenvalue weighted by molar-refractivity contribution is 0.171. The third kappa shape index (κ3) is 3.34. The molecule has 6 nitrogen and oxygen atoms in total. The molecular formula is C23H22N2O4S. The third-order valence-electron chi connectivity index (χ3n) is 5.69. The molecule has 0 amide bonds. The summed E-state index contributed by atoms with van der Waals surface area (Å²) in [5.74, 6) is 1.19. The zero-order valence-corrected chi connectivity index (χ0v) is 17.4. The van der Waals surface area contributed by atoms with E-state index in [1.54, 1.807) is 18.2 Å². The van der Waals surface area contributed by atoms with E-state index in [1.165, 1.54) is 9.87 Å². The Morgan fingerprint density at radius 1 is 0.933 bits per heavy atom. The zero-order chi connectivity index (χ0) is 20.7. The number of benzene rings is 2. The molecule has 0 radical (unpaired) electrons. The summed E-state index contributed by atoms with van der Waals surface area (Å²) in [5, 5.41) is 0. The van der Waals surface area contributed by atoms with Crippen molar-refractivity contribution >= 4 is 10.0 Å². The number of aromatic nitrogens is 1. The maximum Gasteiger partial charge on any atom is 0.243 e. The number of sulfonamides is 1. The highest BCUT2D eigenvalue weighted by Crippen LogP contribution is 2.36. The van der Waals surface area contributed by atoms with E-state index < -0.39 is 10.0 Å². The zero-order valence-electron chi connectivity index (χ0n) is 16.6. The smallest absolute Gasteiger partial charge is 0.243 e. The molecule has 0 saturated carbocycles. The monoisotopic (exact) mass is 422 g/mol. The van der Waals surface area contributed by atoms with E-state index in [1.807, 2.05) is 30.5 Å². The van der Waals surface area contributed by atoms with Gasteiger partial charge in [0.05, 0.1) is 4.90 Å². The Kier molecular flexibility index (Phi) is 4.72. The van der Waals surface area contributed by atoms with Crippen LogP contribution in [-0.4, -0.2) is 30.9 Å². The molecule has 154 valence electrons. The standard InChI is InChI=1S/C23H22N2O4S/c1-16(17-5-3-2-4-6-17)21-11-18-14-25(15-19(18)13-24-21)30(26,27)20-7-8-22-23(12-20)29-10-9-28-22/h2-8,11-13,16H,9-10,14-15H2,1H3/t16-/m1/s1. The minimum Gasteiger partial charge on any atom is -0.486 e. The van der Waals surface area contributed by atoms with Crippen molar-refractivity contribution in [3.05, 3.63) is 83.2 Å². The normalized spacial score (nSPS) is 16.8. The van der Waals surface area contributed by atoms with Crippen LogP contribution in [0, 0.1) is 0 Å². The van der Waals surface area contributed by atoms with Gasteiger partial charge in [0, 0.05) is 37.0 Å². The number of nitrogens with zero attached hydrogens (tertiary/aromatic N) is 2. The maximum absolute atomic E-state index is 13.2. The fourth-order valence-electron chi connectivity index (χ4n) is 3.92. The molecule has 0 saturated heterocycles. The molecular weight excluding hydrogens is 400 g/mol. The van der Waals surface area contributed by atoms with Crippen molar-refractivity contribution in [3.8, 4) is 11.5 Å². The first-order chi connectivity index (χ1) is 14.5. The fourth-order valence-corrected chi connectivity index (χ4v) is 5.33. The fraction of sp³-hybridized carbons (Fsp3) is 0.261. The van der Waals surface area contributed by atoms with Crippen LogP contribution in [-0.2, 0) is 23.1 Å². The highest BCUT2D eigenvalue weighted by molar-refractivity contribution is 7.89. The van der Waals surface area contributed by atoms with Crippen molar-refractivity contribution < 1.29 is 17.9 Å². The Bertz CT molecular complexity index is 1200. The molecule has 2 aliphatic heterocycles. The van der Waals surface area contributed by atoms with Crippen LogP contribution < -0.4 is 9.47 Å². The van der Waals surface area contributed by atoms with E-state index in [0.717, 1.165) is 16.8 Å². The van der Waals surface area contributed by atoms with Crippen LogP contribution in [0.15, 0.2) is 65.7 Å². The van der Waals surface area contributed by atoms with Gasteiger partial charge < -0.3 is 9.47 Å². The summed E-state index contributed by atoms with van der Waals surface area (Å²) < 4.78 is 39.0. The Hall–Kier alpha value is -2.90. The molecule has 1 atom stereocenters. The molecule has 0 spiro atoms. The van der Waals surface area contributed by atoms with Gasteiger partial charge >= 0.3 is 0 Å². The highest BCUT2D eigenvalue weighted by Gasteiger charge is 2.32. The molecule has 0 fully saturated rings. The van der Waals surface area contributed by atoms with E-state index in [2.05, 4.69) is 24.0 Å².